The average Bonchev–Trinajstić information content (AvgIpc) is 2.66. The summed E-state index contributed by atoms with van der Waals surface area (Å²) in [7, 11) is -0.394. The summed E-state index contributed by atoms with van der Waals surface area (Å²) in [6.45, 7) is 7.00. The molecule has 0 bridgehead atoms. The fraction of sp³-hybridized carbons (Fsp3) is 1.00. The summed E-state index contributed by atoms with van der Waals surface area (Å²) in [5.41, 5.74) is 0. The first-order chi connectivity index (χ1) is 12.8. The highest BCUT2D eigenvalue weighted by Gasteiger charge is 2.09. The van der Waals surface area contributed by atoms with E-state index in [2.05, 4.69) is 20.8 Å². The van der Waals surface area contributed by atoms with Gasteiger partial charge in [0.2, 0.25) is 0 Å². The van der Waals surface area contributed by atoms with Gasteiger partial charge >= 0.3 is 0 Å². The number of unbranched alkanes of at least 4 members (excludes halogenated alkanes) is 16. The van der Waals surface area contributed by atoms with Crippen LogP contribution in [0.3, 0.4) is 0 Å². The molecule has 0 saturated heterocycles. The van der Waals surface area contributed by atoms with Gasteiger partial charge in [-0.3, -0.25) is 0 Å². The molecule has 0 aromatic rings. The molecule has 0 aromatic heterocycles. The molecule has 0 aliphatic carbocycles. The van der Waals surface area contributed by atoms with Crippen LogP contribution in [0, 0.1) is 0 Å². The number of hydrogen-bond acceptors (Lipinski definition) is 0. The lowest BCUT2D eigenvalue weighted by atomic mass is 10.1. The largest absolute Gasteiger partial charge is 0.0654 e. The molecule has 0 radical (unpaired) electrons. The van der Waals surface area contributed by atoms with Crippen molar-refractivity contribution in [1.82, 2.24) is 0 Å². The second-order valence-corrected chi connectivity index (χ2v) is 12.4. The zero-order valence-corrected chi connectivity index (χ0v) is 20.3. The Labute approximate surface area is 169 Å². The molecule has 26 heavy (non-hydrogen) atoms. The molecular formula is C25H54Si. The topological polar surface area (TPSA) is 0 Å². The van der Waals surface area contributed by atoms with E-state index in [0.717, 1.165) is 0 Å². The van der Waals surface area contributed by atoms with Crippen LogP contribution in [0.1, 0.15) is 143 Å². The fourth-order valence-electron chi connectivity index (χ4n) is 4.24. The Balaban J connectivity index is 3.52. The van der Waals surface area contributed by atoms with Crippen LogP contribution in [-0.2, 0) is 0 Å². The summed E-state index contributed by atoms with van der Waals surface area (Å²) < 4.78 is 0. The minimum atomic E-state index is -0.394. The van der Waals surface area contributed by atoms with E-state index in [-0.39, 0.29) is 0 Å². The molecule has 158 valence electrons. The van der Waals surface area contributed by atoms with Gasteiger partial charge < -0.3 is 0 Å². The Morgan fingerprint density at radius 3 is 0.923 bits per heavy atom. The lowest BCUT2D eigenvalue weighted by molar-refractivity contribution is 0.561. The van der Waals surface area contributed by atoms with Crippen LogP contribution in [0.15, 0.2) is 0 Å². The minimum absolute atomic E-state index is 0.394. The highest BCUT2D eigenvalue weighted by molar-refractivity contribution is 6.58. The third kappa shape index (κ3) is 20.5. The van der Waals surface area contributed by atoms with Crippen molar-refractivity contribution in [2.45, 2.75) is 161 Å². The maximum absolute atomic E-state index is 2.37. The molecule has 0 N–H and O–H groups in total. The van der Waals surface area contributed by atoms with Crippen LogP contribution >= 0.6 is 0 Å². The van der Waals surface area contributed by atoms with Gasteiger partial charge in [0.05, 0.1) is 0 Å². The zero-order valence-electron chi connectivity index (χ0n) is 19.1. The highest BCUT2D eigenvalue weighted by atomic mass is 28.3. The standard InChI is InChI=1S/C25H54Si/c1-4-7-10-12-14-15-16-18-20-22-25-26(23-9-6-3)24-21-19-17-13-11-8-5-2/h26H,4-25H2,1-3H3. The van der Waals surface area contributed by atoms with E-state index in [0.29, 0.717) is 0 Å². The van der Waals surface area contributed by atoms with Crippen molar-refractivity contribution < 1.29 is 0 Å². The smallest absolute Gasteiger partial charge is 0.0367 e. The first kappa shape index (κ1) is 26.2. The second kappa shape index (κ2) is 23.3. The summed E-state index contributed by atoms with van der Waals surface area (Å²) in [5, 5.41) is 0. The number of rotatable bonds is 22. The van der Waals surface area contributed by atoms with E-state index < -0.39 is 8.80 Å². The molecule has 0 aliphatic rings. The maximum Gasteiger partial charge on any atom is 0.0367 e. The first-order valence-corrected chi connectivity index (χ1v) is 15.3. The van der Waals surface area contributed by atoms with Crippen molar-refractivity contribution in [3.05, 3.63) is 0 Å². The summed E-state index contributed by atoms with van der Waals surface area (Å²) in [6.07, 6.45) is 28.2. The average molecular weight is 383 g/mol. The monoisotopic (exact) mass is 382 g/mol. The van der Waals surface area contributed by atoms with Crippen LogP contribution in [0.4, 0.5) is 0 Å². The normalized spacial score (nSPS) is 12.6. The summed E-state index contributed by atoms with van der Waals surface area (Å²) in [4.78, 5) is 0. The van der Waals surface area contributed by atoms with Gasteiger partial charge in [0.1, 0.15) is 0 Å². The zero-order chi connectivity index (χ0) is 19.1. The molecule has 0 aromatic carbocycles. The van der Waals surface area contributed by atoms with Crippen LogP contribution in [0.2, 0.25) is 18.1 Å². The van der Waals surface area contributed by atoms with Gasteiger partial charge in [-0.1, -0.05) is 161 Å². The molecule has 0 spiro atoms. The summed E-state index contributed by atoms with van der Waals surface area (Å²) in [6, 6.07) is 4.96. The summed E-state index contributed by atoms with van der Waals surface area (Å²) >= 11 is 0. The Bertz CT molecular complexity index is 238. The van der Waals surface area contributed by atoms with E-state index in [4.69, 9.17) is 0 Å². The Kier molecular flexibility index (Phi) is 23.5. The van der Waals surface area contributed by atoms with Gasteiger partial charge in [-0.25, -0.2) is 0 Å². The Morgan fingerprint density at radius 1 is 0.308 bits per heavy atom. The first-order valence-electron chi connectivity index (χ1n) is 12.8. The third-order valence-corrected chi connectivity index (χ3v) is 9.82. The fourth-order valence-corrected chi connectivity index (χ4v) is 7.82. The Morgan fingerprint density at radius 2 is 0.577 bits per heavy atom. The minimum Gasteiger partial charge on any atom is -0.0654 e. The molecule has 0 amide bonds. The lowest BCUT2D eigenvalue weighted by Crippen LogP contribution is -2.11. The van der Waals surface area contributed by atoms with Crippen molar-refractivity contribution in [2.75, 3.05) is 0 Å². The van der Waals surface area contributed by atoms with Crippen LogP contribution in [-0.4, -0.2) is 8.80 Å². The van der Waals surface area contributed by atoms with Gasteiger partial charge in [0.25, 0.3) is 0 Å². The SMILES string of the molecule is CCCCCCCCCCCC[SiH](CCCC)CCCCCCCCC. The predicted molar refractivity (Wildman–Crippen MR) is 126 cm³/mol. The second-order valence-electron chi connectivity index (χ2n) is 8.89. The molecule has 0 heterocycles. The highest BCUT2D eigenvalue weighted by Crippen LogP contribution is 2.19. The number of hydrogen-bond donors (Lipinski definition) is 0. The molecule has 0 nitrogen and oxygen atoms in total. The van der Waals surface area contributed by atoms with Gasteiger partial charge in [-0.15, -0.1) is 0 Å². The molecule has 1 atom stereocenters. The van der Waals surface area contributed by atoms with Crippen molar-refractivity contribution in [2.24, 2.45) is 0 Å². The van der Waals surface area contributed by atoms with E-state index in [1.54, 1.807) is 31.0 Å². The lowest BCUT2D eigenvalue weighted by Gasteiger charge is -2.15. The van der Waals surface area contributed by atoms with Crippen LogP contribution in [0.5, 0.6) is 0 Å². The Hall–Kier alpha value is 0.217. The maximum atomic E-state index is 2.37. The van der Waals surface area contributed by atoms with Crippen LogP contribution < -0.4 is 0 Å². The van der Waals surface area contributed by atoms with E-state index in [9.17, 15) is 0 Å². The van der Waals surface area contributed by atoms with Gasteiger partial charge in [-0.2, -0.15) is 0 Å². The van der Waals surface area contributed by atoms with Crippen molar-refractivity contribution in [3.63, 3.8) is 0 Å². The van der Waals surface area contributed by atoms with E-state index >= 15 is 0 Å². The molecule has 0 aliphatic heterocycles. The molecule has 0 fully saturated rings. The van der Waals surface area contributed by atoms with Crippen molar-refractivity contribution in [3.8, 4) is 0 Å². The van der Waals surface area contributed by atoms with Crippen molar-refractivity contribution >= 4 is 8.80 Å². The third-order valence-electron chi connectivity index (χ3n) is 6.15. The quantitative estimate of drug-likeness (QED) is 0.129. The van der Waals surface area contributed by atoms with Crippen molar-refractivity contribution in [1.29, 1.82) is 0 Å². The molecule has 0 saturated carbocycles. The van der Waals surface area contributed by atoms with E-state index in [1.165, 1.54) is 109 Å². The molecule has 1 heteroatoms. The molecule has 0 rings (SSSR count). The predicted octanol–water partition coefficient (Wildman–Crippen LogP) is 9.69. The molecule has 1 unspecified atom stereocenters. The van der Waals surface area contributed by atoms with E-state index in [1.807, 2.05) is 0 Å². The van der Waals surface area contributed by atoms with Gasteiger partial charge in [-0.05, 0) is 0 Å². The summed E-state index contributed by atoms with van der Waals surface area (Å²) in [5.74, 6) is 0. The molecular weight excluding hydrogens is 328 g/mol. The van der Waals surface area contributed by atoms with Crippen LogP contribution in [0.25, 0.3) is 0 Å². The van der Waals surface area contributed by atoms with Gasteiger partial charge in [0.15, 0.2) is 0 Å². The van der Waals surface area contributed by atoms with Gasteiger partial charge in [0, 0.05) is 8.80 Å².